The maximum Gasteiger partial charge on any atom is 0.175 e. The molecule has 0 N–H and O–H groups in total. The van der Waals surface area contributed by atoms with Crippen molar-refractivity contribution in [2.45, 2.75) is 20.2 Å². The van der Waals surface area contributed by atoms with Crippen molar-refractivity contribution in [2.75, 3.05) is 7.11 Å². The van der Waals surface area contributed by atoms with Gasteiger partial charge in [-0.15, -0.1) is 21.5 Å². The van der Waals surface area contributed by atoms with E-state index in [0.717, 1.165) is 25.9 Å². The zero-order chi connectivity index (χ0) is 16.1. The van der Waals surface area contributed by atoms with Crippen molar-refractivity contribution in [3.63, 3.8) is 0 Å². The smallest absolute Gasteiger partial charge is 0.175 e. The fraction of sp³-hybridized carbons (Fsp3) is 0.200. The molecular weight excluding hydrogens is 432 g/mol. The van der Waals surface area contributed by atoms with Crippen LogP contribution in [0.25, 0.3) is 0 Å². The van der Waals surface area contributed by atoms with Gasteiger partial charge in [-0.2, -0.15) is 0 Å². The normalized spacial score (nSPS) is 10.9. The number of ether oxygens (including phenoxy) is 1. The molecule has 0 saturated heterocycles. The highest BCUT2D eigenvalue weighted by Crippen LogP contribution is 2.34. The largest absolute Gasteiger partial charge is 0.497 e. The minimum atomic E-state index is 0.883. The number of nitrogens with zero attached hydrogens (tertiary/aromatic N) is 2. The fourth-order valence-electron chi connectivity index (χ4n) is 1.74. The molecule has 0 aliphatic rings. The van der Waals surface area contributed by atoms with Crippen LogP contribution in [0.1, 0.15) is 10.4 Å². The third-order valence-electron chi connectivity index (χ3n) is 2.88. The van der Waals surface area contributed by atoms with Crippen molar-refractivity contribution >= 4 is 62.1 Å². The van der Waals surface area contributed by atoms with Gasteiger partial charge in [0.2, 0.25) is 0 Å². The standard InChI is InChI=1S/C15H13BrN2OS4/c1-19-11-4-2-10(3-5-11)8-20-14-17-18-15(23-14)21-9-12-6-7-13(16)22-12/h2-7H,8-9H2,1H3. The molecule has 3 nitrogen and oxygen atoms in total. The number of thioether (sulfide) groups is 2. The van der Waals surface area contributed by atoms with Crippen LogP contribution in [-0.2, 0) is 11.5 Å². The number of halogens is 1. The van der Waals surface area contributed by atoms with E-state index in [1.54, 1.807) is 53.3 Å². The Hall–Kier alpha value is -0.540. The Morgan fingerprint density at radius 1 is 0.957 bits per heavy atom. The molecule has 3 rings (SSSR count). The van der Waals surface area contributed by atoms with Gasteiger partial charge in [-0.1, -0.05) is 47.0 Å². The molecule has 0 unspecified atom stereocenters. The van der Waals surface area contributed by atoms with E-state index in [2.05, 4.69) is 50.4 Å². The Morgan fingerprint density at radius 3 is 2.26 bits per heavy atom. The average molecular weight is 445 g/mol. The van der Waals surface area contributed by atoms with Crippen molar-refractivity contribution in [1.29, 1.82) is 0 Å². The summed E-state index contributed by atoms with van der Waals surface area (Å²) in [5.74, 6) is 2.71. The molecule has 2 aromatic heterocycles. The van der Waals surface area contributed by atoms with Crippen molar-refractivity contribution in [1.82, 2.24) is 10.2 Å². The summed E-state index contributed by atoms with van der Waals surface area (Å²) in [6, 6.07) is 12.3. The van der Waals surface area contributed by atoms with Crippen LogP contribution in [0.2, 0.25) is 0 Å². The van der Waals surface area contributed by atoms with Gasteiger partial charge in [0.05, 0.1) is 10.9 Å². The number of aromatic nitrogens is 2. The van der Waals surface area contributed by atoms with Gasteiger partial charge in [-0.05, 0) is 45.8 Å². The van der Waals surface area contributed by atoms with Crippen LogP contribution in [0.5, 0.6) is 5.75 Å². The van der Waals surface area contributed by atoms with E-state index < -0.39 is 0 Å². The zero-order valence-corrected chi connectivity index (χ0v) is 17.0. The monoisotopic (exact) mass is 444 g/mol. The first-order chi connectivity index (χ1) is 11.2. The first kappa shape index (κ1) is 17.3. The summed E-state index contributed by atoms with van der Waals surface area (Å²) in [7, 11) is 1.68. The maximum absolute atomic E-state index is 5.17. The highest BCUT2D eigenvalue weighted by molar-refractivity contribution is 9.11. The third kappa shape index (κ3) is 5.22. The quantitative estimate of drug-likeness (QED) is 0.420. The Balaban J connectivity index is 1.50. The lowest BCUT2D eigenvalue weighted by Crippen LogP contribution is -1.84. The number of benzene rings is 1. The molecule has 0 aliphatic carbocycles. The first-order valence-electron chi connectivity index (χ1n) is 6.69. The van der Waals surface area contributed by atoms with Crippen LogP contribution in [0.15, 0.2) is 48.9 Å². The summed E-state index contributed by atoms with van der Waals surface area (Å²) >= 11 is 10.4. The topological polar surface area (TPSA) is 35.0 Å². The van der Waals surface area contributed by atoms with Crippen LogP contribution in [0.4, 0.5) is 0 Å². The van der Waals surface area contributed by atoms with E-state index in [9.17, 15) is 0 Å². The molecule has 0 fully saturated rings. The van der Waals surface area contributed by atoms with Crippen molar-refractivity contribution in [2.24, 2.45) is 0 Å². The molecule has 0 bridgehead atoms. The number of thiophene rings is 1. The molecule has 1 aromatic carbocycles. The summed E-state index contributed by atoms with van der Waals surface area (Å²) in [5.41, 5.74) is 1.25. The lowest BCUT2D eigenvalue weighted by Gasteiger charge is -2.01. The van der Waals surface area contributed by atoms with E-state index in [1.165, 1.54) is 14.2 Å². The highest BCUT2D eigenvalue weighted by atomic mass is 79.9. The Labute approximate surface area is 160 Å². The predicted octanol–water partition coefficient (Wildman–Crippen LogP) is 5.96. The molecule has 0 atom stereocenters. The molecule has 0 radical (unpaired) electrons. The van der Waals surface area contributed by atoms with Crippen LogP contribution in [0, 0.1) is 0 Å². The molecule has 8 heteroatoms. The molecule has 0 saturated carbocycles. The minimum absolute atomic E-state index is 0.883. The van der Waals surface area contributed by atoms with Gasteiger partial charge in [0.25, 0.3) is 0 Å². The molecular formula is C15H13BrN2OS4. The van der Waals surface area contributed by atoms with Crippen LogP contribution >= 0.6 is 62.1 Å². The molecule has 23 heavy (non-hydrogen) atoms. The second kappa shape index (κ2) is 8.53. The van der Waals surface area contributed by atoms with Gasteiger partial charge in [0, 0.05) is 16.4 Å². The lowest BCUT2D eigenvalue weighted by atomic mass is 10.2. The Morgan fingerprint density at radius 2 is 1.65 bits per heavy atom. The Kier molecular flexibility index (Phi) is 6.41. The second-order valence-electron chi connectivity index (χ2n) is 4.47. The van der Waals surface area contributed by atoms with Gasteiger partial charge in [-0.3, -0.25) is 0 Å². The lowest BCUT2D eigenvalue weighted by molar-refractivity contribution is 0.414. The van der Waals surface area contributed by atoms with Gasteiger partial charge in [0.15, 0.2) is 8.68 Å². The average Bonchev–Trinajstić information content (AvgIpc) is 3.20. The molecule has 0 spiro atoms. The number of hydrogen-bond donors (Lipinski definition) is 0. The first-order valence-corrected chi connectivity index (χ1v) is 11.1. The van der Waals surface area contributed by atoms with Crippen LogP contribution < -0.4 is 4.74 Å². The van der Waals surface area contributed by atoms with Crippen LogP contribution in [0.3, 0.4) is 0 Å². The van der Waals surface area contributed by atoms with E-state index in [4.69, 9.17) is 4.74 Å². The molecule has 2 heterocycles. The van der Waals surface area contributed by atoms with E-state index in [0.29, 0.717) is 0 Å². The second-order valence-corrected chi connectivity index (χ2v) is 10.4. The van der Waals surface area contributed by atoms with Gasteiger partial charge in [-0.25, -0.2) is 0 Å². The maximum atomic E-state index is 5.17. The summed E-state index contributed by atoms with van der Waals surface area (Å²) in [6.07, 6.45) is 0. The number of methoxy groups -OCH3 is 1. The van der Waals surface area contributed by atoms with E-state index in [-0.39, 0.29) is 0 Å². The molecule has 0 amide bonds. The zero-order valence-electron chi connectivity index (χ0n) is 12.2. The van der Waals surface area contributed by atoms with Gasteiger partial charge >= 0.3 is 0 Å². The van der Waals surface area contributed by atoms with E-state index in [1.807, 2.05) is 12.1 Å². The van der Waals surface area contributed by atoms with Crippen LogP contribution in [-0.4, -0.2) is 17.3 Å². The SMILES string of the molecule is COc1ccc(CSc2nnc(SCc3ccc(Br)s3)s2)cc1. The number of rotatable bonds is 7. The summed E-state index contributed by atoms with van der Waals surface area (Å²) < 4.78 is 8.37. The Bertz CT molecular complexity index is 757. The van der Waals surface area contributed by atoms with Crippen molar-refractivity contribution in [3.8, 4) is 5.75 Å². The van der Waals surface area contributed by atoms with Gasteiger partial charge in [0.1, 0.15) is 5.75 Å². The minimum Gasteiger partial charge on any atom is -0.497 e. The predicted molar refractivity (Wildman–Crippen MR) is 104 cm³/mol. The molecule has 3 aromatic rings. The summed E-state index contributed by atoms with van der Waals surface area (Å²) in [6.45, 7) is 0. The number of hydrogen-bond acceptors (Lipinski definition) is 7. The van der Waals surface area contributed by atoms with Crippen molar-refractivity contribution in [3.05, 3.63) is 50.6 Å². The highest BCUT2D eigenvalue weighted by Gasteiger charge is 2.07. The third-order valence-corrected chi connectivity index (χ3v) is 7.99. The van der Waals surface area contributed by atoms with Crippen molar-refractivity contribution < 1.29 is 4.74 Å². The summed E-state index contributed by atoms with van der Waals surface area (Å²) in [4.78, 5) is 1.34. The fourth-order valence-corrected chi connectivity index (χ4v) is 6.25. The molecule has 0 aliphatic heterocycles. The van der Waals surface area contributed by atoms with Gasteiger partial charge < -0.3 is 4.74 Å². The summed E-state index contributed by atoms with van der Waals surface area (Å²) in [5, 5.41) is 8.52. The van der Waals surface area contributed by atoms with E-state index >= 15 is 0 Å². The molecule has 120 valence electrons.